The van der Waals surface area contributed by atoms with E-state index in [0.717, 1.165) is 24.9 Å². The molecule has 1 rings (SSSR count). The van der Waals surface area contributed by atoms with E-state index in [1.807, 2.05) is 51.1 Å². The zero-order chi connectivity index (χ0) is 13.1. The highest BCUT2D eigenvalue weighted by molar-refractivity contribution is 5.83. The molecule has 1 amide bonds. The summed E-state index contributed by atoms with van der Waals surface area (Å²) >= 11 is 0. The van der Waals surface area contributed by atoms with Crippen molar-refractivity contribution < 1.29 is 4.79 Å². The van der Waals surface area contributed by atoms with E-state index >= 15 is 0 Å². The Morgan fingerprint density at radius 1 is 1.18 bits per heavy atom. The third-order valence-electron chi connectivity index (χ3n) is 2.48. The van der Waals surface area contributed by atoms with Gasteiger partial charge < -0.3 is 5.32 Å². The lowest BCUT2D eigenvalue weighted by Gasteiger charge is -2.14. The van der Waals surface area contributed by atoms with Crippen molar-refractivity contribution in [3.63, 3.8) is 0 Å². The van der Waals surface area contributed by atoms with Crippen molar-refractivity contribution >= 4 is 5.91 Å². The topological polar surface area (TPSA) is 29.1 Å². The number of amides is 1. The van der Waals surface area contributed by atoms with Crippen molar-refractivity contribution in [1.29, 1.82) is 0 Å². The molecule has 1 aromatic rings. The van der Waals surface area contributed by atoms with Crippen LogP contribution in [0.4, 0.5) is 0 Å². The van der Waals surface area contributed by atoms with Crippen LogP contribution in [-0.4, -0.2) is 12.5 Å². The molecule has 0 fully saturated rings. The van der Waals surface area contributed by atoms with Crippen molar-refractivity contribution in [3.05, 3.63) is 35.9 Å². The molecule has 0 spiro atoms. The predicted octanol–water partition coefficient (Wildman–Crippen LogP) is 3.73. The van der Waals surface area contributed by atoms with Crippen molar-refractivity contribution in [2.24, 2.45) is 0 Å². The van der Waals surface area contributed by atoms with Crippen LogP contribution in [-0.2, 0) is 4.79 Å². The fraction of sp³-hybridized carbons (Fsp3) is 0.533. The fourth-order valence-electron chi connectivity index (χ4n) is 1.63. The van der Waals surface area contributed by atoms with E-state index in [0.29, 0.717) is 0 Å². The number of hydrogen-bond acceptors (Lipinski definition) is 1. The summed E-state index contributed by atoms with van der Waals surface area (Å²) in [4.78, 5) is 11.8. The molecule has 1 aromatic carbocycles. The Balaban J connectivity index is 0.00000121. The van der Waals surface area contributed by atoms with Gasteiger partial charge in [0, 0.05) is 6.54 Å². The third-order valence-corrected chi connectivity index (χ3v) is 2.48. The first-order valence-corrected chi connectivity index (χ1v) is 6.62. The van der Waals surface area contributed by atoms with Gasteiger partial charge in [0.25, 0.3) is 0 Å². The smallest absolute Gasteiger partial charge is 0.227 e. The number of rotatable bonds is 5. The first-order chi connectivity index (χ1) is 8.29. The maximum atomic E-state index is 11.8. The number of benzene rings is 1. The first-order valence-electron chi connectivity index (χ1n) is 6.62. The summed E-state index contributed by atoms with van der Waals surface area (Å²) in [6.07, 6.45) is 1.83. The van der Waals surface area contributed by atoms with E-state index in [9.17, 15) is 4.79 Å². The molecule has 0 saturated carbocycles. The molecule has 17 heavy (non-hydrogen) atoms. The van der Waals surface area contributed by atoms with E-state index in [4.69, 9.17) is 0 Å². The summed E-state index contributed by atoms with van der Waals surface area (Å²) in [5.41, 5.74) is 1.11. The van der Waals surface area contributed by atoms with Gasteiger partial charge in [0.2, 0.25) is 5.91 Å². The molecule has 1 atom stereocenters. The van der Waals surface area contributed by atoms with Gasteiger partial charge in [0.1, 0.15) is 0 Å². The van der Waals surface area contributed by atoms with Gasteiger partial charge in [-0.05, 0) is 18.4 Å². The lowest BCUT2D eigenvalue weighted by molar-refractivity contribution is -0.122. The van der Waals surface area contributed by atoms with Crippen LogP contribution in [0.1, 0.15) is 52.0 Å². The van der Waals surface area contributed by atoms with Gasteiger partial charge in [0.15, 0.2) is 0 Å². The molecule has 0 aliphatic carbocycles. The summed E-state index contributed by atoms with van der Waals surface area (Å²) in [6.45, 7) is 8.87. The zero-order valence-electron chi connectivity index (χ0n) is 11.5. The SMILES string of the molecule is CC.CCCNC(=O)C(CC)c1ccccc1. The van der Waals surface area contributed by atoms with Crippen LogP contribution in [0.25, 0.3) is 0 Å². The Bertz CT molecular complexity index is 295. The second-order valence-electron chi connectivity index (χ2n) is 3.66. The number of nitrogens with one attached hydrogen (secondary N) is 1. The second kappa shape index (κ2) is 9.88. The fourth-order valence-corrected chi connectivity index (χ4v) is 1.63. The van der Waals surface area contributed by atoms with Gasteiger partial charge in [-0.2, -0.15) is 0 Å². The summed E-state index contributed by atoms with van der Waals surface area (Å²) in [5.74, 6) is 0.142. The Hall–Kier alpha value is -1.31. The highest BCUT2D eigenvalue weighted by Gasteiger charge is 2.17. The molecule has 0 aromatic heterocycles. The van der Waals surface area contributed by atoms with Crippen molar-refractivity contribution in [2.75, 3.05) is 6.54 Å². The second-order valence-corrected chi connectivity index (χ2v) is 3.66. The first kappa shape index (κ1) is 15.7. The average Bonchev–Trinajstić information content (AvgIpc) is 2.41. The van der Waals surface area contributed by atoms with Crippen molar-refractivity contribution in [3.8, 4) is 0 Å². The van der Waals surface area contributed by atoms with Crippen LogP contribution >= 0.6 is 0 Å². The molecule has 0 saturated heterocycles. The Morgan fingerprint density at radius 2 is 1.76 bits per heavy atom. The van der Waals surface area contributed by atoms with E-state index in [1.54, 1.807) is 0 Å². The lowest BCUT2D eigenvalue weighted by Crippen LogP contribution is -2.29. The van der Waals surface area contributed by atoms with Gasteiger partial charge in [0.05, 0.1) is 5.92 Å². The van der Waals surface area contributed by atoms with Gasteiger partial charge in [-0.25, -0.2) is 0 Å². The Kier molecular flexibility index (Phi) is 9.12. The monoisotopic (exact) mass is 235 g/mol. The maximum Gasteiger partial charge on any atom is 0.227 e. The quantitative estimate of drug-likeness (QED) is 0.827. The molecule has 0 heterocycles. The normalized spacial score (nSPS) is 11.1. The van der Waals surface area contributed by atoms with Gasteiger partial charge in [-0.3, -0.25) is 4.79 Å². The summed E-state index contributed by atoms with van der Waals surface area (Å²) in [5, 5.41) is 2.94. The standard InChI is InChI=1S/C13H19NO.C2H6/c1-3-10-14-13(15)12(4-2)11-8-6-5-7-9-11;1-2/h5-9,12H,3-4,10H2,1-2H3,(H,14,15);1-2H3. The molecule has 1 unspecified atom stereocenters. The van der Waals surface area contributed by atoms with E-state index < -0.39 is 0 Å². The van der Waals surface area contributed by atoms with Crippen LogP contribution in [0.2, 0.25) is 0 Å². The van der Waals surface area contributed by atoms with Crippen LogP contribution in [0.5, 0.6) is 0 Å². The Labute approximate surface area is 105 Å². The largest absolute Gasteiger partial charge is 0.356 e. The lowest BCUT2D eigenvalue weighted by atomic mass is 9.96. The van der Waals surface area contributed by atoms with Crippen LogP contribution in [0.15, 0.2) is 30.3 Å². The van der Waals surface area contributed by atoms with E-state index in [2.05, 4.69) is 12.2 Å². The van der Waals surface area contributed by atoms with Crippen molar-refractivity contribution in [2.45, 2.75) is 46.5 Å². The average molecular weight is 235 g/mol. The van der Waals surface area contributed by atoms with Gasteiger partial charge in [-0.15, -0.1) is 0 Å². The molecule has 0 bridgehead atoms. The third kappa shape index (κ3) is 5.53. The number of hydrogen-bond donors (Lipinski definition) is 1. The molecule has 0 aliphatic rings. The molecular weight excluding hydrogens is 210 g/mol. The summed E-state index contributed by atoms with van der Waals surface area (Å²) < 4.78 is 0. The number of carbonyl (C=O) groups excluding carboxylic acids is 1. The summed E-state index contributed by atoms with van der Waals surface area (Å²) in [7, 11) is 0. The minimum absolute atomic E-state index is 0.00208. The molecule has 96 valence electrons. The maximum absolute atomic E-state index is 11.8. The van der Waals surface area contributed by atoms with Crippen LogP contribution < -0.4 is 5.32 Å². The van der Waals surface area contributed by atoms with Gasteiger partial charge >= 0.3 is 0 Å². The molecule has 0 aliphatic heterocycles. The molecular formula is C15H25NO. The predicted molar refractivity (Wildman–Crippen MR) is 74.1 cm³/mol. The van der Waals surface area contributed by atoms with Crippen molar-refractivity contribution in [1.82, 2.24) is 5.32 Å². The Morgan fingerprint density at radius 3 is 2.24 bits per heavy atom. The molecule has 2 heteroatoms. The van der Waals surface area contributed by atoms with Crippen LogP contribution in [0, 0.1) is 0 Å². The van der Waals surface area contributed by atoms with E-state index in [-0.39, 0.29) is 11.8 Å². The molecule has 1 N–H and O–H groups in total. The number of carbonyl (C=O) groups is 1. The highest BCUT2D eigenvalue weighted by atomic mass is 16.1. The zero-order valence-corrected chi connectivity index (χ0v) is 11.5. The van der Waals surface area contributed by atoms with Gasteiger partial charge in [-0.1, -0.05) is 58.0 Å². The summed E-state index contributed by atoms with van der Waals surface area (Å²) in [6, 6.07) is 9.95. The molecule has 2 nitrogen and oxygen atoms in total. The van der Waals surface area contributed by atoms with E-state index in [1.165, 1.54) is 0 Å². The minimum Gasteiger partial charge on any atom is -0.356 e. The minimum atomic E-state index is -0.00208. The molecule has 0 radical (unpaired) electrons. The van der Waals surface area contributed by atoms with Crippen LogP contribution in [0.3, 0.4) is 0 Å². The highest BCUT2D eigenvalue weighted by Crippen LogP contribution is 2.18.